The van der Waals surface area contributed by atoms with Crippen LogP contribution in [0.25, 0.3) is 0 Å². The van der Waals surface area contributed by atoms with Gasteiger partial charge in [0.25, 0.3) is 0 Å². The van der Waals surface area contributed by atoms with Crippen LogP contribution in [0.2, 0.25) is 0 Å². The Balaban J connectivity index is 2.68. The first-order chi connectivity index (χ1) is 7.97. The topological polar surface area (TPSA) is 21.3 Å². The fourth-order valence-corrected chi connectivity index (χ4v) is 1.34. The molecule has 0 aliphatic rings. The second-order valence-electron chi connectivity index (χ2n) is 4.14. The molecule has 0 atom stereocenters. The fourth-order valence-electron chi connectivity index (χ4n) is 1.29. The maximum absolute atomic E-state index is 13.3. The van der Waals surface area contributed by atoms with E-state index in [0.29, 0.717) is 23.4 Å². The molecule has 0 spiro atoms. The molecule has 0 aliphatic carbocycles. The third kappa shape index (κ3) is 5.71. The van der Waals surface area contributed by atoms with E-state index in [1.807, 2.05) is 13.8 Å². The molecular formula is C13H17ClFNO. The lowest BCUT2D eigenvalue weighted by atomic mass is 10.2. The molecule has 17 heavy (non-hydrogen) atoms. The Labute approximate surface area is 106 Å². The lowest BCUT2D eigenvalue weighted by Crippen LogP contribution is -2.21. The van der Waals surface area contributed by atoms with Crippen LogP contribution in [-0.4, -0.2) is 12.6 Å². The van der Waals surface area contributed by atoms with Crippen LogP contribution in [0.15, 0.2) is 29.8 Å². The Morgan fingerprint density at radius 3 is 2.76 bits per heavy atom. The molecular weight excluding hydrogens is 241 g/mol. The molecule has 1 aromatic rings. The number of halogens is 2. The van der Waals surface area contributed by atoms with Crippen LogP contribution < -0.4 is 10.1 Å². The van der Waals surface area contributed by atoms with E-state index in [0.717, 1.165) is 5.56 Å². The van der Waals surface area contributed by atoms with Crippen LogP contribution in [0.5, 0.6) is 5.75 Å². The first kappa shape index (κ1) is 14.0. The van der Waals surface area contributed by atoms with Gasteiger partial charge in [0.05, 0.1) is 0 Å². The molecule has 0 aromatic heterocycles. The summed E-state index contributed by atoms with van der Waals surface area (Å²) >= 11 is 5.58. The van der Waals surface area contributed by atoms with Gasteiger partial charge in [-0.25, -0.2) is 4.39 Å². The highest BCUT2D eigenvalue weighted by Crippen LogP contribution is 2.17. The van der Waals surface area contributed by atoms with Gasteiger partial charge in [-0.2, -0.15) is 0 Å². The summed E-state index contributed by atoms with van der Waals surface area (Å²) in [7, 11) is 0. The largest absolute Gasteiger partial charge is 0.488 e. The first-order valence-electron chi connectivity index (χ1n) is 5.46. The first-order valence-corrected chi connectivity index (χ1v) is 5.84. The van der Waals surface area contributed by atoms with Gasteiger partial charge < -0.3 is 10.1 Å². The number of hydrogen-bond donors (Lipinski definition) is 1. The maximum Gasteiger partial charge on any atom is 0.127 e. The molecule has 2 nitrogen and oxygen atoms in total. The van der Waals surface area contributed by atoms with Crippen LogP contribution in [0.4, 0.5) is 4.39 Å². The second kappa shape index (κ2) is 6.62. The van der Waals surface area contributed by atoms with Crippen molar-refractivity contribution < 1.29 is 9.13 Å². The standard InChI is InChI=1S/C13H17ClFNO/c1-9(2)16-7-11-4-12(15)6-13(5-11)17-8-10(3)14/h4-6,9,16H,3,7-8H2,1-2H3. The van der Waals surface area contributed by atoms with E-state index >= 15 is 0 Å². The summed E-state index contributed by atoms with van der Waals surface area (Å²) in [4.78, 5) is 0. The average Bonchev–Trinajstić information content (AvgIpc) is 2.23. The second-order valence-corrected chi connectivity index (χ2v) is 4.67. The summed E-state index contributed by atoms with van der Waals surface area (Å²) in [5.74, 6) is 0.149. The molecule has 0 bridgehead atoms. The van der Waals surface area contributed by atoms with Crippen LogP contribution in [0.3, 0.4) is 0 Å². The molecule has 0 fully saturated rings. The fraction of sp³-hybridized carbons (Fsp3) is 0.385. The highest BCUT2D eigenvalue weighted by atomic mass is 35.5. The third-order valence-corrected chi connectivity index (χ3v) is 2.15. The molecule has 0 aliphatic heterocycles. The highest BCUT2D eigenvalue weighted by molar-refractivity contribution is 6.29. The smallest absolute Gasteiger partial charge is 0.127 e. The summed E-state index contributed by atoms with van der Waals surface area (Å²) < 4.78 is 18.6. The van der Waals surface area contributed by atoms with E-state index in [1.165, 1.54) is 12.1 Å². The van der Waals surface area contributed by atoms with Gasteiger partial charge in [-0.05, 0) is 17.7 Å². The SMILES string of the molecule is C=C(Cl)COc1cc(F)cc(CNC(C)C)c1. The molecule has 1 N–H and O–H groups in total. The van der Waals surface area contributed by atoms with E-state index in [4.69, 9.17) is 16.3 Å². The monoisotopic (exact) mass is 257 g/mol. The van der Waals surface area contributed by atoms with Gasteiger partial charge in [0.15, 0.2) is 0 Å². The van der Waals surface area contributed by atoms with Crippen molar-refractivity contribution in [1.29, 1.82) is 0 Å². The number of hydrogen-bond acceptors (Lipinski definition) is 2. The maximum atomic E-state index is 13.3. The Bertz CT molecular complexity index is 393. The molecule has 0 saturated carbocycles. The van der Waals surface area contributed by atoms with E-state index in [9.17, 15) is 4.39 Å². The van der Waals surface area contributed by atoms with Crippen molar-refractivity contribution in [2.45, 2.75) is 26.4 Å². The van der Waals surface area contributed by atoms with Gasteiger partial charge in [0.2, 0.25) is 0 Å². The van der Waals surface area contributed by atoms with E-state index in [1.54, 1.807) is 6.07 Å². The minimum absolute atomic E-state index is 0.183. The van der Waals surface area contributed by atoms with Gasteiger partial charge in [-0.3, -0.25) is 0 Å². The van der Waals surface area contributed by atoms with Crippen LogP contribution in [0.1, 0.15) is 19.4 Å². The highest BCUT2D eigenvalue weighted by Gasteiger charge is 2.03. The quantitative estimate of drug-likeness (QED) is 0.843. The van der Waals surface area contributed by atoms with Crippen molar-refractivity contribution >= 4 is 11.6 Å². The molecule has 0 saturated heterocycles. The third-order valence-electron chi connectivity index (χ3n) is 2.04. The number of benzene rings is 1. The van der Waals surface area contributed by atoms with Crippen LogP contribution in [-0.2, 0) is 6.54 Å². The zero-order valence-electron chi connectivity index (χ0n) is 10.1. The van der Waals surface area contributed by atoms with Crippen molar-refractivity contribution in [2.75, 3.05) is 6.61 Å². The van der Waals surface area contributed by atoms with Gasteiger partial charge >= 0.3 is 0 Å². The zero-order valence-corrected chi connectivity index (χ0v) is 10.9. The Morgan fingerprint density at radius 2 is 2.18 bits per heavy atom. The van der Waals surface area contributed by atoms with Crippen molar-refractivity contribution in [2.24, 2.45) is 0 Å². The van der Waals surface area contributed by atoms with Crippen molar-refractivity contribution in [1.82, 2.24) is 5.32 Å². The van der Waals surface area contributed by atoms with E-state index in [-0.39, 0.29) is 12.4 Å². The van der Waals surface area contributed by atoms with Gasteiger partial charge in [-0.15, -0.1) is 0 Å². The normalized spacial score (nSPS) is 10.6. The van der Waals surface area contributed by atoms with Crippen molar-refractivity contribution in [3.63, 3.8) is 0 Å². The molecule has 0 radical (unpaired) electrons. The lowest BCUT2D eigenvalue weighted by Gasteiger charge is -2.10. The average molecular weight is 258 g/mol. The van der Waals surface area contributed by atoms with Crippen LogP contribution >= 0.6 is 11.6 Å². The number of nitrogens with one attached hydrogen (secondary N) is 1. The Morgan fingerprint density at radius 1 is 1.47 bits per heavy atom. The summed E-state index contributed by atoms with van der Waals surface area (Å²) in [5.41, 5.74) is 0.842. The number of rotatable bonds is 6. The minimum atomic E-state index is -0.316. The lowest BCUT2D eigenvalue weighted by molar-refractivity contribution is 0.356. The van der Waals surface area contributed by atoms with Crippen molar-refractivity contribution in [3.8, 4) is 5.75 Å². The summed E-state index contributed by atoms with van der Waals surface area (Å²) in [6, 6.07) is 4.96. The summed E-state index contributed by atoms with van der Waals surface area (Å²) in [6.45, 7) is 8.37. The predicted molar refractivity (Wildman–Crippen MR) is 68.9 cm³/mol. The molecule has 0 amide bonds. The summed E-state index contributed by atoms with van der Waals surface area (Å²) in [5, 5.41) is 3.60. The molecule has 1 aromatic carbocycles. The van der Waals surface area contributed by atoms with Crippen LogP contribution in [0, 0.1) is 5.82 Å². The number of ether oxygens (including phenoxy) is 1. The van der Waals surface area contributed by atoms with E-state index < -0.39 is 0 Å². The molecule has 0 heterocycles. The summed E-state index contributed by atoms with van der Waals surface area (Å²) in [6.07, 6.45) is 0. The van der Waals surface area contributed by atoms with Crippen molar-refractivity contribution in [3.05, 3.63) is 41.2 Å². The van der Waals surface area contributed by atoms with E-state index in [2.05, 4.69) is 11.9 Å². The Hall–Kier alpha value is -1.06. The molecule has 4 heteroatoms. The van der Waals surface area contributed by atoms with Gasteiger partial charge in [-0.1, -0.05) is 32.0 Å². The molecule has 0 unspecified atom stereocenters. The molecule has 94 valence electrons. The Kier molecular flexibility index (Phi) is 5.45. The predicted octanol–water partition coefficient (Wildman–Crippen LogP) is 3.46. The zero-order chi connectivity index (χ0) is 12.8. The molecule has 1 rings (SSSR count). The van der Waals surface area contributed by atoms with Gasteiger partial charge in [0.1, 0.15) is 18.2 Å². The minimum Gasteiger partial charge on any atom is -0.488 e. The van der Waals surface area contributed by atoms with Gasteiger partial charge in [0, 0.05) is 23.7 Å².